The molecule has 0 saturated carbocycles. The monoisotopic (exact) mass is 365 g/mol. The van der Waals surface area contributed by atoms with Crippen molar-refractivity contribution in [2.75, 3.05) is 5.32 Å². The van der Waals surface area contributed by atoms with E-state index in [0.29, 0.717) is 17.1 Å². The predicted molar refractivity (Wildman–Crippen MR) is 106 cm³/mol. The molecule has 4 rings (SSSR count). The Bertz CT molecular complexity index is 967. The van der Waals surface area contributed by atoms with Gasteiger partial charge in [-0.25, -0.2) is 10.9 Å². The lowest BCUT2D eigenvalue weighted by Crippen LogP contribution is -2.39. The molecule has 0 aromatic heterocycles. The van der Waals surface area contributed by atoms with E-state index in [9.17, 15) is 4.79 Å². The number of nitrogens with one attached hydrogen (secondary N) is 3. The number of hydrogen-bond acceptors (Lipinski definition) is 3. The molecular weight excluding hydrogens is 346 g/mol. The van der Waals surface area contributed by atoms with Gasteiger partial charge in [0.1, 0.15) is 6.04 Å². The van der Waals surface area contributed by atoms with Gasteiger partial charge in [0.2, 0.25) is 5.91 Å². The second-order valence-corrected chi connectivity index (χ2v) is 7.08. The summed E-state index contributed by atoms with van der Waals surface area (Å²) in [5.74, 6) is -0.0917. The van der Waals surface area contributed by atoms with Crippen LogP contribution in [-0.4, -0.2) is 11.9 Å². The van der Waals surface area contributed by atoms with Crippen molar-refractivity contribution in [2.45, 2.75) is 25.4 Å². The van der Waals surface area contributed by atoms with Crippen LogP contribution in [0.25, 0.3) is 10.8 Å². The number of amides is 1. The molecule has 3 aromatic rings. The number of hydrogen-bond donors (Lipinski definition) is 3. The zero-order valence-corrected chi connectivity index (χ0v) is 15.2. The minimum Gasteiger partial charge on any atom is -0.323 e. The number of halogens is 1. The van der Waals surface area contributed by atoms with Crippen LogP contribution in [0, 0.1) is 6.92 Å². The Labute approximate surface area is 157 Å². The second-order valence-electron chi connectivity index (χ2n) is 6.67. The SMILES string of the molecule is Cc1ccc(NC(=O)C2CC(c3cccc4ccccc34)NN2)c(Cl)c1. The molecule has 1 heterocycles. The van der Waals surface area contributed by atoms with Crippen LogP contribution in [0.15, 0.2) is 60.7 Å². The lowest BCUT2D eigenvalue weighted by Gasteiger charge is -2.13. The Kier molecular flexibility index (Phi) is 4.64. The number of carbonyl (C=O) groups excluding carboxylic acids is 1. The van der Waals surface area contributed by atoms with E-state index in [1.807, 2.05) is 37.3 Å². The summed E-state index contributed by atoms with van der Waals surface area (Å²) in [6.07, 6.45) is 0.670. The molecule has 0 spiro atoms. The first-order valence-electron chi connectivity index (χ1n) is 8.67. The van der Waals surface area contributed by atoms with Crippen molar-refractivity contribution in [3.05, 3.63) is 76.8 Å². The highest BCUT2D eigenvalue weighted by Gasteiger charge is 2.31. The maximum atomic E-state index is 12.6. The van der Waals surface area contributed by atoms with E-state index in [0.717, 1.165) is 5.56 Å². The van der Waals surface area contributed by atoms with E-state index in [4.69, 9.17) is 11.6 Å². The fourth-order valence-corrected chi connectivity index (χ4v) is 3.71. The summed E-state index contributed by atoms with van der Waals surface area (Å²) in [4.78, 5) is 12.6. The summed E-state index contributed by atoms with van der Waals surface area (Å²) in [5, 5.41) is 5.87. The van der Waals surface area contributed by atoms with E-state index in [1.54, 1.807) is 0 Å². The zero-order valence-electron chi connectivity index (χ0n) is 14.4. The standard InChI is InChI=1S/C21H20ClN3O/c1-13-9-10-18(17(22)11-13)23-21(26)20-12-19(24-25-20)16-8-4-6-14-5-2-3-7-15(14)16/h2-11,19-20,24-25H,12H2,1H3,(H,23,26). The topological polar surface area (TPSA) is 53.2 Å². The number of carbonyl (C=O) groups is 1. The fourth-order valence-electron chi connectivity index (χ4n) is 3.43. The van der Waals surface area contributed by atoms with Gasteiger partial charge in [0, 0.05) is 6.04 Å². The van der Waals surface area contributed by atoms with Crippen LogP contribution in [-0.2, 0) is 4.79 Å². The summed E-state index contributed by atoms with van der Waals surface area (Å²) in [6, 6.07) is 19.9. The highest BCUT2D eigenvalue weighted by molar-refractivity contribution is 6.33. The second kappa shape index (κ2) is 7.08. The van der Waals surface area contributed by atoms with Crippen LogP contribution in [0.2, 0.25) is 5.02 Å². The Hall–Kier alpha value is -2.40. The molecule has 1 aliphatic heterocycles. The molecule has 0 radical (unpaired) electrons. The van der Waals surface area contributed by atoms with E-state index in [-0.39, 0.29) is 18.0 Å². The third-order valence-corrected chi connectivity index (χ3v) is 5.11. The van der Waals surface area contributed by atoms with Gasteiger partial charge in [-0.15, -0.1) is 0 Å². The summed E-state index contributed by atoms with van der Waals surface area (Å²) >= 11 is 6.22. The Balaban J connectivity index is 1.50. The minimum absolute atomic E-state index is 0.0744. The number of aryl methyl sites for hydroxylation is 1. The Morgan fingerprint density at radius 2 is 1.88 bits per heavy atom. The van der Waals surface area contributed by atoms with Gasteiger partial charge in [-0.2, -0.15) is 0 Å². The smallest absolute Gasteiger partial charge is 0.242 e. The van der Waals surface area contributed by atoms with Crippen molar-refractivity contribution in [1.29, 1.82) is 0 Å². The third-order valence-electron chi connectivity index (χ3n) is 4.80. The largest absolute Gasteiger partial charge is 0.323 e. The van der Waals surface area contributed by atoms with Gasteiger partial charge >= 0.3 is 0 Å². The molecule has 26 heavy (non-hydrogen) atoms. The van der Waals surface area contributed by atoms with Gasteiger partial charge in [0.25, 0.3) is 0 Å². The van der Waals surface area contributed by atoms with Crippen LogP contribution in [0.1, 0.15) is 23.6 Å². The maximum absolute atomic E-state index is 12.6. The fraction of sp³-hybridized carbons (Fsp3) is 0.190. The summed E-state index contributed by atoms with van der Waals surface area (Å²) in [6.45, 7) is 1.97. The van der Waals surface area contributed by atoms with Crippen molar-refractivity contribution in [3.63, 3.8) is 0 Å². The Morgan fingerprint density at radius 1 is 1.08 bits per heavy atom. The molecule has 0 bridgehead atoms. The first kappa shape index (κ1) is 17.0. The molecule has 132 valence electrons. The van der Waals surface area contributed by atoms with E-state index in [1.165, 1.54) is 16.3 Å². The lowest BCUT2D eigenvalue weighted by molar-refractivity contribution is -0.117. The van der Waals surface area contributed by atoms with Crippen molar-refractivity contribution in [1.82, 2.24) is 10.9 Å². The normalized spacial score (nSPS) is 19.6. The molecule has 2 atom stereocenters. The van der Waals surface area contributed by atoms with E-state index in [2.05, 4.69) is 46.5 Å². The third kappa shape index (κ3) is 3.31. The predicted octanol–water partition coefficient (Wildman–Crippen LogP) is 4.35. The van der Waals surface area contributed by atoms with Gasteiger partial charge in [-0.3, -0.25) is 4.79 Å². The summed E-state index contributed by atoms with van der Waals surface area (Å²) < 4.78 is 0. The minimum atomic E-state index is -0.323. The van der Waals surface area contributed by atoms with Crippen LogP contribution < -0.4 is 16.2 Å². The molecule has 3 N–H and O–H groups in total. The first-order valence-corrected chi connectivity index (χ1v) is 9.05. The van der Waals surface area contributed by atoms with Crippen molar-refractivity contribution >= 4 is 34.0 Å². The Morgan fingerprint density at radius 3 is 2.73 bits per heavy atom. The van der Waals surface area contributed by atoms with Crippen molar-refractivity contribution < 1.29 is 4.79 Å². The highest BCUT2D eigenvalue weighted by atomic mass is 35.5. The number of hydrazine groups is 1. The molecule has 0 aliphatic carbocycles. The van der Waals surface area contributed by atoms with Gasteiger partial charge < -0.3 is 5.32 Å². The van der Waals surface area contributed by atoms with Gasteiger partial charge in [-0.1, -0.05) is 60.1 Å². The molecule has 4 nitrogen and oxygen atoms in total. The average Bonchev–Trinajstić information content (AvgIpc) is 3.13. The molecular formula is C21H20ClN3O. The average molecular weight is 366 g/mol. The summed E-state index contributed by atoms with van der Waals surface area (Å²) in [7, 11) is 0. The van der Waals surface area contributed by atoms with Gasteiger partial charge in [0.15, 0.2) is 0 Å². The lowest BCUT2D eigenvalue weighted by atomic mass is 9.96. The summed E-state index contributed by atoms with van der Waals surface area (Å²) in [5.41, 5.74) is 9.27. The van der Waals surface area contributed by atoms with Gasteiger partial charge in [-0.05, 0) is 47.4 Å². The number of benzene rings is 3. The van der Waals surface area contributed by atoms with Crippen molar-refractivity contribution in [2.24, 2.45) is 0 Å². The molecule has 1 fully saturated rings. The molecule has 3 aromatic carbocycles. The van der Waals surface area contributed by atoms with Gasteiger partial charge in [0.05, 0.1) is 10.7 Å². The number of fused-ring (bicyclic) bond motifs is 1. The van der Waals surface area contributed by atoms with Crippen LogP contribution in [0.3, 0.4) is 0 Å². The first-order chi connectivity index (χ1) is 12.6. The van der Waals surface area contributed by atoms with Crippen molar-refractivity contribution in [3.8, 4) is 0 Å². The molecule has 1 saturated heterocycles. The van der Waals surface area contributed by atoms with Crippen LogP contribution in [0.4, 0.5) is 5.69 Å². The van der Waals surface area contributed by atoms with Crippen LogP contribution in [0.5, 0.6) is 0 Å². The molecule has 1 amide bonds. The van der Waals surface area contributed by atoms with Crippen LogP contribution >= 0.6 is 11.6 Å². The van der Waals surface area contributed by atoms with E-state index >= 15 is 0 Å². The number of anilines is 1. The number of rotatable bonds is 3. The zero-order chi connectivity index (χ0) is 18.1. The molecule has 5 heteroatoms. The highest BCUT2D eigenvalue weighted by Crippen LogP contribution is 2.30. The van der Waals surface area contributed by atoms with E-state index < -0.39 is 0 Å². The quantitative estimate of drug-likeness (QED) is 0.646. The molecule has 1 aliphatic rings. The maximum Gasteiger partial charge on any atom is 0.242 e. The molecule has 2 unspecified atom stereocenters.